The normalized spacial score (nSPS) is 18.3. The highest BCUT2D eigenvalue weighted by molar-refractivity contribution is 7.17. The molecule has 1 aliphatic rings. The smallest absolute Gasteiger partial charge is 0.0572 e. The molecule has 2 aromatic carbocycles. The highest BCUT2D eigenvalue weighted by atomic mass is 32.1. The average molecular weight is 336 g/mol. The molecule has 1 aliphatic carbocycles. The third kappa shape index (κ3) is 2.53. The third-order valence-corrected chi connectivity index (χ3v) is 6.58. The van der Waals surface area contributed by atoms with Gasteiger partial charge in [-0.05, 0) is 53.0 Å². The molecule has 24 heavy (non-hydrogen) atoms. The monoisotopic (exact) mass is 335 g/mol. The van der Waals surface area contributed by atoms with E-state index in [9.17, 15) is 0 Å². The molecule has 0 bridgehead atoms. The summed E-state index contributed by atoms with van der Waals surface area (Å²) in [6.45, 7) is 9.51. The Kier molecular flexibility index (Phi) is 3.50. The van der Waals surface area contributed by atoms with Gasteiger partial charge in [-0.25, -0.2) is 0 Å². The van der Waals surface area contributed by atoms with E-state index in [1.807, 2.05) is 0 Å². The molecule has 0 saturated heterocycles. The molecule has 0 atom stereocenters. The van der Waals surface area contributed by atoms with Crippen LogP contribution in [-0.2, 0) is 10.8 Å². The predicted octanol–water partition coefficient (Wildman–Crippen LogP) is 6.99. The highest BCUT2D eigenvalue weighted by Gasteiger charge is 2.36. The van der Waals surface area contributed by atoms with Crippen molar-refractivity contribution in [1.29, 1.82) is 0 Å². The fraction of sp³-hybridized carbons (Fsp3) is 0.364. The lowest BCUT2D eigenvalue weighted by Gasteiger charge is -2.42. The van der Waals surface area contributed by atoms with Gasteiger partial charge in [-0.15, -0.1) is 11.3 Å². The van der Waals surface area contributed by atoms with Crippen LogP contribution in [0.1, 0.15) is 51.7 Å². The Balaban J connectivity index is 1.75. The minimum absolute atomic E-state index is 0.249. The van der Waals surface area contributed by atoms with E-state index in [0.29, 0.717) is 0 Å². The average Bonchev–Trinajstić information content (AvgIpc) is 2.95. The summed E-state index contributed by atoms with van der Waals surface area (Å²) in [5.74, 6) is 0. The molecule has 124 valence electrons. The molecule has 1 heterocycles. The van der Waals surface area contributed by atoms with Crippen LogP contribution in [0, 0.1) is 0 Å². The second kappa shape index (κ2) is 5.35. The van der Waals surface area contributed by atoms with Gasteiger partial charge in [-0.1, -0.05) is 52.0 Å². The molecule has 0 amide bonds. The van der Waals surface area contributed by atoms with Crippen molar-refractivity contribution in [3.8, 4) is 0 Å². The summed E-state index contributed by atoms with van der Waals surface area (Å²) in [5, 5.41) is 7.18. The van der Waals surface area contributed by atoms with Crippen molar-refractivity contribution in [2.75, 3.05) is 5.32 Å². The van der Waals surface area contributed by atoms with Crippen molar-refractivity contribution in [2.24, 2.45) is 0 Å². The van der Waals surface area contributed by atoms with Crippen molar-refractivity contribution in [2.45, 2.75) is 51.4 Å². The molecular weight excluding hydrogens is 310 g/mol. The molecule has 0 fully saturated rings. The number of thiophene rings is 1. The molecule has 1 aromatic heterocycles. The van der Waals surface area contributed by atoms with Gasteiger partial charge in [0.05, 0.1) is 5.69 Å². The second-order valence-corrected chi connectivity index (χ2v) is 9.21. The SMILES string of the molecule is CC1(C)CCC(C)(C)c2cc(Nc3csc4ccccc34)ccc21. The quantitative estimate of drug-likeness (QED) is 0.532. The zero-order valence-corrected chi connectivity index (χ0v) is 15.8. The van der Waals surface area contributed by atoms with E-state index in [2.05, 4.69) is 80.9 Å². The lowest BCUT2D eigenvalue weighted by atomic mass is 9.63. The molecule has 0 aliphatic heterocycles. The molecule has 2 heteroatoms. The Morgan fingerprint density at radius 1 is 0.875 bits per heavy atom. The van der Waals surface area contributed by atoms with Gasteiger partial charge in [0, 0.05) is 21.2 Å². The van der Waals surface area contributed by atoms with E-state index in [1.165, 1.54) is 45.4 Å². The molecule has 1 N–H and O–H groups in total. The standard InChI is InChI=1S/C22H25NS/c1-21(2)11-12-22(3,4)18-13-15(9-10-17(18)21)23-19-14-24-20-8-6-5-7-16(19)20/h5-10,13-14,23H,11-12H2,1-4H3. The maximum Gasteiger partial charge on any atom is 0.0572 e. The largest absolute Gasteiger partial charge is 0.354 e. The van der Waals surface area contributed by atoms with Crippen molar-refractivity contribution in [3.05, 3.63) is 59.0 Å². The highest BCUT2D eigenvalue weighted by Crippen LogP contribution is 2.46. The summed E-state index contributed by atoms with van der Waals surface area (Å²) in [7, 11) is 0. The fourth-order valence-electron chi connectivity index (χ4n) is 3.90. The van der Waals surface area contributed by atoms with Gasteiger partial charge in [0.2, 0.25) is 0 Å². The summed E-state index contributed by atoms with van der Waals surface area (Å²) in [4.78, 5) is 0. The van der Waals surface area contributed by atoms with E-state index in [0.717, 1.165) is 0 Å². The summed E-state index contributed by atoms with van der Waals surface area (Å²) in [6, 6.07) is 15.6. The zero-order valence-electron chi connectivity index (χ0n) is 14.9. The number of hydrogen-bond acceptors (Lipinski definition) is 2. The van der Waals surface area contributed by atoms with Gasteiger partial charge >= 0.3 is 0 Å². The van der Waals surface area contributed by atoms with Crippen LogP contribution in [0.25, 0.3) is 10.1 Å². The molecular formula is C22H25NS. The van der Waals surface area contributed by atoms with Crippen LogP contribution in [0.2, 0.25) is 0 Å². The van der Waals surface area contributed by atoms with Crippen molar-refractivity contribution < 1.29 is 0 Å². The van der Waals surface area contributed by atoms with Gasteiger partial charge in [-0.2, -0.15) is 0 Å². The Labute approximate surface area is 148 Å². The summed E-state index contributed by atoms with van der Waals surface area (Å²) in [6.07, 6.45) is 2.51. The van der Waals surface area contributed by atoms with Crippen LogP contribution in [0.5, 0.6) is 0 Å². The van der Waals surface area contributed by atoms with Crippen molar-refractivity contribution in [1.82, 2.24) is 0 Å². The van der Waals surface area contributed by atoms with Gasteiger partial charge in [0.25, 0.3) is 0 Å². The maximum atomic E-state index is 3.65. The first-order valence-corrected chi connectivity index (χ1v) is 9.63. The Bertz CT molecular complexity index is 901. The summed E-state index contributed by atoms with van der Waals surface area (Å²) in [5.41, 5.74) is 5.95. The first-order chi connectivity index (χ1) is 11.4. The Hall–Kier alpha value is -1.80. The minimum atomic E-state index is 0.249. The van der Waals surface area contributed by atoms with Crippen LogP contribution < -0.4 is 5.32 Å². The van der Waals surface area contributed by atoms with Crippen molar-refractivity contribution >= 4 is 32.8 Å². The molecule has 4 rings (SSSR count). The summed E-state index contributed by atoms with van der Waals surface area (Å²) < 4.78 is 1.33. The zero-order chi connectivity index (χ0) is 16.9. The topological polar surface area (TPSA) is 12.0 Å². The molecule has 0 radical (unpaired) electrons. The van der Waals surface area contributed by atoms with Crippen LogP contribution >= 0.6 is 11.3 Å². The maximum absolute atomic E-state index is 3.65. The van der Waals surface area contributed by atoms with Crippen LogP contribution in [0.4, 0.5) is 11.4 Å². The van der Waals surface area contributed by atoms with E-state index in [4.69, 9.17) is 0 Å². The number of hydrogen-bond donors (Lipinski definition) is 1. The van der Waals surface area contributed by atoms with Crippen LogP contribution in [-0.4, -0.2) is 0 Å². The second-order valence-electron chi connectivity index (χ2n) is 8.30. The predicted molar refractivity (Wildman–Crippen MR) is 107 cm³/mol. The molecule has 0 spiro atoms. The molecule has 0 saturated carbocycles. The minimum Gasteiger partial charge on any atom is -0.354 e. The van der Waals surface area contributed by atoms with Crippen molar-refractivity contribution in [3.63, 3.8) is 0 Å². The van der Waals surface area contributed by atoms with Crippen LogP contribution in [0.3, 0.4) is 0 Å². The van der Waals surface area contributed by atoms with E-state index >= 15 is 0 Å². The number of benzene rings is 2. The van der Waals surface area contributed by atoms with Gasteiger partial charge in [-0.3, -0.25) is 0 Å². The van der Waals surface area contributed by atoms with Gasteiger partial charge in [0.15, 0.2) is 0 Å². The lowest BCUT2D eigenvalue weighted by Crippen LogP contribution is -2.33. The Morgan fingerprint density at radius 3 is 2.38 bits per heavy atom. The van der Waals surface area contributed by atoms with Crippen LogP contribution in [0.15, 0.2) is 47.8 Å². The number of fused-ring (bicyclic) bond motifs is 2. The number of anilines is 2. The number of nitrogens with one attached hydrogen (secondary N) is 1. The third-order valence-electron chi connectivity index (χ3n) is 5.61. The molecule has 0 unspecified atom stereocenters. The summed E-state index contributed by atoms with van der Waals surface area (Å²) >= 11 is 1.80. The first-order valence-electron chi connectivity index (χ1n) is 8.75. The van der Waals surface area contributed by atoms with Gasteiger partial charge in [0.1, 0.15) is 0 Å². The van der Waals surface area contributed by atoms with E-state index in [-0.39, 0.29) is 10.8 Å². The van der Waals surface area contributed by atoms with E-state index < -0.39 is 0 Å². The lowest BCUT2D eigenvalue weighted by molar-refractivity contribution is 0.332. The fourth-order valence-corrected chi connectivity index (χ4v) is 4.79. The molecule has 3 aromatic rings. The first kappa shape index (κ1) is 15.7. The molecule has 1 nitrogen and oxygen atoms in total. The Morgan fingerprint density at radius 2 is 1.58 bits per heavy atom. The number of rotatable bonds is 2. The van der Waals surface area contributed by atoms with E-state index in [1.54, 1.807) is 11.3 Å². The van der Waals surface area contributed by atoms with Gasteiger partial charge < -0.3 is 5.32 Å².